The van der Waals surface area contributed by atoms with Gasteiger partial charge >= 0.3 is 0 Å². The summed E-state index contributed by atoms with van der Waals surface area (Å²) in [4.78, 5) is 12.3. The van der Waals surface area contributed by atoms with Gasteiger partial charge in [-0.05, 0) is 49.0 Å². The van der Waals surface area contributed by atoms with E-state index in [0.29, 0.717) is 29.4 Å². The fraction of sp³-hybridized carbons (Fsp3) is 0.222. The van der Waals surface area contributed by atoms with Gasteiger partial charge in [0.15, 0.2) is 5.11 Å². The Kier molecular flexibility index (Phi) is 6.57. The molecule has 2 aromatic rings. The summed E-state index contributed by atoms with van der Waals surface area (Å²) < 4.78 is 10.8. The molecule has 0 unspecified atom stereocenters. The molecule has 0 bridgehead atoms. The van der Waals surface area contributed by atoms with Gasteiger partial charge in [0, 0.05) is 5.56 Å². The molecule has 6 heteroatoms. The van der Waals surface area contributed by atoms with Crippen LogP contribution in [0.4, 0.5) is 5.69 Å². The minimum absolute atomic E-state index is 0.198. The molecule has 0 radical (unpaired) electrons. The maximum atomic E-state index is 12.3. The normalized spacial score (nSPS) is 9.92. The highest BCUT2D eigenvalue weighted by Gasteiger charge is 2.10. The summed E-state index contributed by atoms with van der Waals surface area (Å²) in [7, 11) is 1.57. The van der Waals surface area contributed by atoms with Crippen molar-refractivity contribution in [2.45, 2.75) is 13.3 Å². The standard InChI is InChI=1S/C18H20N2O3S/c1-3-11-23-14-8-6-7-13(12-14)17(21)20-18(24)19-15-9-4-5-10-16(15)22-2/h4-10,12H,3,11H2,1-2H3,(H2,19,20,21,24). The van der Waals surface area contributed by atoms with Gasteiger partial charge in [-0.15, -0.1) is 0 Å². The molecule has 0 spiro atoms. The molecule has 0 aromatic heterocycles. The minimum atomic E-state index is -0.302. The van der Waals surface area contributed by atoms with E-state index in [1.54, 1.807) is 31.4 Å². The lowest BCUT2D eigenvalue weighted by Crippen LogP contribution is -2.34. The number of nitrogens with one attached hydrogen (secondary N) is 2. The van der Waals surface area contributed by atoms with E-state index >= 15 is 0 Å². The van der Waals surface area contributed by atoms with Gasteiger partial charge in [0.05, 0.1) is 19.4 Å². The fourth-order valence-electron chi connectivity index (χ4n) is 2.02. The number of thiocarbonyl (C=S) groups is 1. The van der Waals surface area contributed by atoms with Crippen molar-refractivity contribution in [1.29, 1.82) is 0 Å². The maximum Gasteiger partial charge on any atom is 0.257 e. The molecule has 0 saturated heterocycles. The van der Waals surface area contributed by atoms with Gasteiger partial charge < -0.3 is 14.8 Å². The molecule has 0 aliphatic rings. The van der Waals surface area contributed by atoms with Crippen LogP contribution in [0.25, 0.3) is 0 Å². The van der Waals surface area contributed by atoms with Crippen LogP contribution in [0.1, 0.15) is 23.7 Å². The van der Waals surface area contributed by atoms with Crippen molar-refractivity contribution in [2.24, 2.45) is 0 Å². The Morgan fingerprint density at radius 2 is 1.96 bits per heavy atom. The fourth-order valence-corrected chi connectivity index (χ4v) is 2.23. The van der Waals surface area contributed by atoms with Crippen LogP contribution in [-0.2, 0) is 0 Å². The molecule has 2 aromatic carbocycles. The topological polar surface area (TPSA) is 59.6 Å². The molecule has 2 rings (SSSR count). The molecular formula is C18H20N2O3S. The van der Waals surface area contributed by atoms with Crippen molar-refractivity contribution in [1.82, 2.24) is 5.32 Å². The number of para-hydroxylation sites is 2. The average molecular weight is 344 g/mol. The number of carbonyl (C=O) groups excluding carboxylic acids is 1. The SMILES string of the molecule is CCCOc1cccc(C(=O)NC(=S)Nc2ccccc2OC)c1. The third kappa shape index (κ3) is 4.96. The number of methoxy groups -OCH3 is 1. The van der Waals surface area contributed by atoms with Crippen molar-refractivity contribution in [3.63, 3.8) is 0 Å². The Morgan fingerprint density at radius 3 is 2.71 bits per heavy atom. The lowest BCUT2D eigenvalue weighted by molar-refractivity contribution is 0.0977. The predicted octanol–water partition coefficient (Wildman–Crippen LogP) is 3.61. The van der Waals surface area contributed by atoms with Crippen LogP contribution >= 0.6 is 12.2 Å². The summed E-state index contributed by atoms with van der Waals surface area (Å²) >= 11 is 5.19. The minimum Gasteiger partial charge on any atom is -0.495 e. The first-order valence-electron chi connectivity index (χ1n) is 7.62. The number of hydrogen-bond donors (Lipinski definition) is 2. The van der Waals surface area contributed by atoms with E-state index in [4.69, 9.17) is 21.7 Å². The maximum absolute atomic E-state index is 12.3. The molecule has 0 saturated carbocycles. The van der Waals surface area contributed by atoms with Gasteiger partial charge in [-0.1, -0.05) is 25.1 Å². The summed E-state index contributed by atoms with van der Waals surface area (Å²) in [6, 6.07) is 14.3. The molecular weight excluding hydrogens is 324 g/mol. The molecule has 5 nitrogen and oxygen atoms in total. The molecule has 126 valence electrons. The molecule has 0 atom stereocenters. The Labute approximate surface area is 147 Å². The van der Waals surface area contributed by atoms with Crippen molar-refractivity contribution in [3.05, 3.63) is 54.1 Å². The highest BCUT2D eigenvalue weighted by molar-refractivity contribution is 7.80. The first-order chi connectivity index (χ1) is 11.6. The Hall–Kier alpha value is -2.60. The Balaban J connectivity index is 2.00. The van der Waals surface area contributed by atoms with Crippen molar-refractivity contribution in [3.8, 4) is 11.5 Å². The summed E-state index contributed by atoms with van der Waals surface area (Å²) in [5, 5.41) is 5.80. The van der Waals surface area contributed by atoms with Gasteiger partial charge in [0.25, 0.3) is 5.91 Å². The number of carbonyl (C=O) groups is 1. The monoisotopic (exact) mass is 344 g/mol. The van der Waals surface area contributed by atoms with Crippen LogP contribution in [-0.4, -0.2) is 24.7 Å². The van der Waals surface area contributed by atoms with E-state index in [-0.39, 0.29) is 11.0 Å². The lowest BCUT2D eigenvalue weighted by atomic mass is 10.2. The smallest absolute Gasteiger partial charge is 0.257 e. The van der Waals surface area contributed by atoms with Gasteiger partial charge in [-0.25, -0.2) is 0 Å². The number of rotatable bonds is 6. The third-order valence-corrected chi connectivity index (χ3v) is 3.36. The Bertz CT molecular complexity index is 719. The molecule has 0 fully saturated rings. The quantitative estimate of drug-likeness (QED) is 0.784. The van der Waals surface area contributed by atoms with Crippen molar-refractivity contribution < 1.29 is 14.3 Å². The van der Waals surface area contributed by atoms with E-state index < -0.39 is 0 Å². The van der Waals surface area contributed by atoms with Crippen LogP contribution in [0.2, 0.25) is 0 Å². The van der Waals surface area contributed by atoms with Crippen LogP contribution in [0, 0.1) is 0 Å². The second-order valence-corrected chi connectivity index (χ2v) is 5.39. The second-order valence-electron chi connectivity index (χ2n) is 4.98. The number of hydrogen-bond acceptors (Lipinski definition) is 4. The van der Waals surface area contributed by atoms with Gasteiger partial charge in [-0.3, -0.25) is 10.1 Å². The number of amides is 1. The summed E-state index contributed by atoms with van der Waals surface area (Å²) in [5.41, 5.74) is 1.16. The Morgan fingerprint density at radius 1 is 1.17 bits per heavy atom. The van der Waals surface area contributed by atoms with Crippen molar-refractivity contribution >= 4 is 28.9 Å². The molecule has 0 aliphatic heterocycles. The number of ether oxygens (including phenoxy) is 2. The van der Waals surface area contributed by atoms with Crippen LogP contribution in [0.3, 0.4) is 0 Å². The number of anilines is 1. The number of benzene rings is 2. The van der Waals surface area contributed by atoms with Crippen LogP contribution in [0.15, 0.2) is 48.5 Å². The van der Waals surface area contributed by atoms with E-state index in [0.717, 1.165) is 6.42 Å². The highest BCUT2D eigenvalue weighted by atomic mass is 32.1. The van der Waals surface area contributed by atoms with Crippen LogP contribution < -0.4 is 20.1 Å². The van der Waals surface area contributed by atoms with Gasteiger partial charge in [-0.2, -0.15) is 0 Å². The lowest BCUT2D eigenvalue weighted by Gasteiger charge is -2.13. The van der Waals surface area contributed by atoms with E-state index in [9.17, 15) is 4.79 Å². The molecule has 0 heterocycles. The zero-order valence-corrected chi connectivity index (χ0v) is 14.5. The largest absolute Gasteiger partial charge is 0.495 e. The van der Waals surface area contributed by atoms with Crippen LogP contribution in [0.5, 0.6) is 11.5 Å². The molecule has 24 heavy (non-hydrogen) atoms. The first-order valence-corrected chi connectivity index (χ1v) is 8.03. The third-order valence-electron chi connectivity index (χ3n) is 3.15. The molecule has 0 aliphatic carbocycles. The summed E-state index contributed by atoms with van der Waals surface area (Å²) in [6.45, 7) is 2.64. The van der Waals surface area contributed by atoms with E-state index in [2.05, 4.69) is 10.6 Å². The second kappa shape index (κ2) is 8.88. The zero-order valence-electron chi connectivity index (χ0n) is 13.7. The highest BCUT2D eigenvalue weighted by Crippen LogP contribution is 2.22. The first kappa shape index (κ1) is 17.7. The van der Waals surface area contributed by atoms with E-state index in [1.807, 2.05) is 31.2 Å². The van der Waals surface area contributed by atoms with E-state index in [1.165, 1.54) is 0 Å². The van der Waals surface area contributed by atoms with Crippen molar-refractivity contribution in [2.75, 3.05) is 19.0 Å². The van der Waals surface area contributed by atoms with Gasteiger partial charge in [0.1, 0.15) is 11.5 Å². The van der Waals surface area contributed by atoms with Gasteiger partial charge in [0.2, 0.25) is 0 Å². The predicted molar refractivity (Wildman–Crippen MR) is 98.9 cm³/mol. The molecule has 1 amide bonds. The zero-order chi connectivity index (χ0) is 17.4. The summed E-state index contributed by atoms with van der Waals surface area (Å²) in [6.07, 6.45) is 0.906. The summed E-state index contributed by atoms with van der Waals surface area (Å²) in [5.74, 6) is 1.00. The average Bonchev–Trinajstić information content (AvgIpc) is 2.60. The molecule has 2 N–H and O–H groups in total.